The smallest absolute Gasteiger partial charge is 0.242 e. The monoisotopic (exact) mass is 276 g/mol. The molecule has 0 unspecified atom stereocenters. The van der Waals surface area contributed by atoms with E-state index >= 15 is 0 Å². The van der Waals surface area contributed by atoms with Crippen molar-refractivity contribution in [3.63, 3.8) is 0 Å². The van der Waals surface area contributed by atoms with E-state index < -0.39 is 5.54 Å². The zero-order valence-electron chi connectivity index (χ0n) is 12.4. The summed E-state index contributed by atoms with van der Waals surface area (Å²) in [5.41, 5.74) is 6.73. The van der Waals surface area contributed by atoms with Crippen LogP contribution in [-0.4, -0.2) is 30.0 Å². The third kappa shape index (κ3) is 3.12. The molecule has 4 heteroatoms. The maximum absolute atomic E-state index is 12.6. The van der Waals surface area contributed by atoms with Crippen LogP contribution < -0.4 is 10.5 Å². The molecule has 0 saturated heterocycles. The number of amides is 1. The van der Waals surface area contributed by atoms with E-state index in [9.17, 15) is 4.79 Å². The minimum Gasteiger partial charge on any atom is -0.497 e. The number of methoxy groups -OCH3 is 1. The van der Waals surface area contributed by atoms with Crippen LogP contribution in [-0.2, 0) is 11.3 Å². The van der Waals surface area contributed by atoms with Crippen molar-refractivity contribution in [2.75, 3.05) is 13.7 Å². The standard InChI is InChI=1S/C16H24N2O2/c1-3-18(15(19)16(17)10-4-5-11-16)12-13-6-8-14(20-2)9-7-13/h6-9H,3-5,10-12,17H2,1-2H3. The predicted octanol–water partition coefficient (Wildman–Crippen LogP) is 2.32. The van der Waals surface area contributed by atoms with Crippen molar-refractivity contribution in [1.29, 1.82) is 0 Å². The molecule has 2 N–H and O–H groups in total. The Morgan fingerprint density at radius 2 is 1.90 bits per heavy atom. The summed E-state index contributed by atoms with van der Waals surface area (Å²) in [4.78, 5) is 14.5. The Bertz CT molecular complexity index is 450. The van der Waals surface area contributed by atoms with Gasteiger partial charge in [0.25, 0.3) is 0 Å². The molecule has 1 saturated carbocycles. The number of carbonyl (C=O) groups is 1. The van der Waals surface area contributed by atoms with Crippen molar-refractivity contribution in [2.24, 2.45) is 5.73 Å². The lowest BCUT2D eigenvalue weighted by molar-refractivity contribution is -0.137. The molecule has 1 aromatic carbocycles. The van der Waals surface area contributed by atoms with Crippen LogP contribution in [0, 0.1) is 0 Å². The highest BCUT2D eigenvalue weighted by Crippen LogP contribution is 2.29. The molecule has 1 aromatic rings. The van der Waals surface area contributed by atoms with Crippen LogP contribution in [0.25, 0.3) is 0 Å². The van der Waals surface area contributed by atoms with Gasteiger partial charge in [-0.15, -0.1) is 0 Å². The highest BCUT2D eigenvalue weighted by atomic mass is 16.5. The molecule has 0 spiro atoms. The van der Waals surface area contributed by atoms with Gasteiger partial charge in [0.1, 0.15) is 5.75 Å². The van der Waals surface area contributed by atoms with E-state index in [0.717, 1.165) is 37.0 Å². The SMILES string of the molecule is CCN(Cc1ccc(OC)cc1)C(=O)C1(N)CCCC1. The van der Waals surface area contributed by atoms with Crippen LogP contribution >= 0.6 is 0 Å². The first-order chi connectivity index (χ1) is 9.59. The van der Waals surface area contributed by atoms with Crippen molar-refractivity contribution >= 4 is 5.91 Å². The first-order valence-electron chi connectivity index (χ1n) is 7.30. The fourth-order valence-corrected chi connectivity index (χ4v) is 2.81. The molecular weight excluding hydrogens is 252 g/mol. The summed E-state index contributed by atoms with van der Waals surface area (Å²) in [6.45, 7) is 3.29. The van der Waals surface area contributed by atoms with Crippen LogP contribution in [0.5, 0.6) is 5.75 Å². The van der Waals surface area contributed by atoms with Gasteiger partial charge in [-0.3, -0.25) is 4.79 Å². The van der Waals surface area contributed by atoms with E-state index in [2.05, 4.69) is 0 Å². The molecule has 0 radical (unpaired) electrons. The van der Waals surface area contributed by atoms with Gasteiger partial charge in [-0.1, -0.05) is 25.0 Å². The number of hydrogen-bond donors (Lipinski definition) is 1. The summed E-state index contributed by atoms with van der Waals surface area (Å²) in [5, 5.41) is 0. The number of rotatable bonds is 5. The molecule has 1 aliphatic carbocycles. The maximum Gasteiger partial charge on any atom is 0.242 e. The zero-order valence-corrected chi connectivity index (χ0v) is 12.4. The van der Waals surface area contributed by atoms with Gasteiger partial charge < -0.3 is 15.4 Å². The average Bonchev–Trinajstić information content (AvgIpc) is 2.93. The van der Waals surface area contributed by atoms with Crippen LogP contribution in [0.2, 0.25) is 0 Å². The predicted molar refractivity (Wildman–Crippen MR) is 79.5 cm³/mol. The summed E-state index contributed by atoms with van der Waals surface area (Å²) in [6, 6.07) is 7.82. The van der Waals surface area contributed by atoms with Crippen LogP contribution in [0.1, 0.15) is 38.2 Å². The van der Waals surface area contributed by atoms with Crippen molar-refractivity contribution in [3.05, 3.63) is 29.8 Å². The van der Waals surface area contributed by atoms with Crippen LogP contribution in [0.4, 0.5) is 0 Å². The molecule has 0 heterocycles. The molecule has 1 fully saturated rings. The minimum atomic E-state index is -0.636. The van der Waals surface area contributed by atoms with Gasteiger partial charge in [-0.25, -0.2) is 0 Å². The van der Waals surface area contributed by atoms with E-state index in [0.29, 0.717) is 13.1 Å². The lowest BCUT2D eigenvalue weighted by Crippen LogP contribution is -2.53. The molecule has 0 bridgehead atoms. The number of carbonyl (C=O) groups excluding carboxylic acids is 1. The van der Waals surface area contributed by atoms with E-state index in [-0.39, 0.29) is 5.91 Å². The van der Waals surface area contributed by atoms with Crippen molar-refractivity contribution in [1.82, 2.24) is 4.90 Å². The van der Waals surface area contributed by atoms with Gasteiger partial charge in [0.05, 0.1) is 12.6 Å². The number of ether oxygens (including phenoxy) is 1. The topological polar surface area (TPSA) is 55.6 Å². The normalized spacial score (nSPS) is 16.9. The van der Waals surface area contributed by atoms with Crippen molar-refractivity contribution in [2.45, 2.75) is 44.7 Å². The maximum atomic E-state index is 12.6. The van der Waals surface area contributed by atoms with Gasteiger partial charge in [0.2, 0.25) is 5.91 Å². The van der Waals surface area contributed by atoms with E-state index in [1.807, 2.05) is 36.1 Å². The quantitative estimate of drug-likeness (QED) is 0.898. The molecule has 1 amide bonds. The number of nitrogens with zero attached hydrogens (tertiary/aromatic N) is 1. The Labute approximate surface area is 120 Å². The Morgan fingerprint density at radius 3 is 2.40 bits per heavy atom. The number of nitrogens with two attached hydrogens (primary N) is 1. The Kier molecular flexibility index (Phi) is 4.65. The molecule has 0 aliphatic heterocycles. The summed E-state index contributed by atoms with van der Waals surface area (Å²) in [7, 11) is 1.65. The molecule has 20 heavy (non-hydrogen) atoms. The minimum absolute atomic E-state index is 0.0910. The van der Waals surface area contributed by atoms with Gasteiger partial charge in [-0.2, -0.15) is 0 Å². The average molecular weight is 276 g/mol. The molecule has 0 atom stereocenters. The van der Waals surface area contributed by atoms with Gasteiger partial charge in [0.15, 0.2) is 0 Å². The largest absolute Gasteiger partial charge is 0.497 e. The first-order valence-corrected chi connectivity index (χ1v) is 7.30. The second kappa shape index (κ2) is 6.27. The molecule has 2 rings (SSSR count). The van der Waals surface area contributed by atoms with Crippen molar-refractivity contribution in [3.8, 4) is 5.75 Å². The zero-order chi connectivity index (χ0) is 14.6. The summed E-state index contributed by atoms with van der Waals surface area (Å²) in [5.74, 6) is 0.919. The van der Waals surface area contributed by atoms with Crippen LogP contribution in [0.3, 0.4) is 0 Å². The lowest BCUT2D eigenvalue weighted by atomic mass is 9.97. The number of hydrogen-bond acceptors (Lipinski definition) is 3. The van der Waals surface area contributed by atoms with E-state index in [1.54, 1.807) is 7.11 Å². The Morgan fingerprint density at radius 1 is 1.30 bits per heavy atom. The third-order valence-corrected chi connectivity index (χ3v) is 4.12. The molecule has 110 valence electrons. The Balaban J connectivity index is 2.06. The molecule has 4 nitrogen and oxygen atoms in total. The highest BCUT2D eigenvalue weighted by Gasteiger charge is 2.39. The second-order valence-corrected chi connectivity index (χ2v) is 5.53. The number of benzene rings is 1. The highest BCUT2D eigenvalue weighted by molar-refractivity contribution is 5.86. The summed E-state index contributed by atoms with van der Waals surface area (Å²) >= 11 is 0. The van der Waals surface area contributed by atoms with Gasteiger partial charge >= 0.3 is 0 Å². The summed E-state index contributed by atoms with van der Waals surface area (Å²) in [6.07, 6.45) is 3.74. The Hall–Kier alpha value is -1.55. The van der Waals surface area contributed by atoms with Gasteiger partial charge in [0, 0.05) is 13.1 Å². The lowest BCUT2D eigenvalue weighted by Gasteiger charge is -2.31. The van der Waals surface area contributed by atoms with E-state index in [4.69, 9.17) is 10.5 Å². The summed E-state index contributed by atoms with van der Waals surface area (Å²) < 4.78 is 5.14. The number of likely N-dealkylation sites (N-methyl/N-ethyl adjacent to an activating group) is 1. The third-order valence-electron chi connectivity index (χ3n) is 4.12. The fraction of sp³-hybridized carbons (Fsp3) is 0.562. The first kappa shape index (κ1) is 14.9. The molecular formula is C16H24N2O2. The van der Waals surface area contributed by atoms with Crippen LogP contribution in [0.15, 0.2) is 24.3 Å². The second-order valence-electron chi connectivity index (χ2n) is 5.53. The van der Waals surface area contributed by atoms with E-state index in [1.165, 1.54) is 0 Å². The fourth-order valence-electron chi connectivity index (χ4n) is 2.81. The van der Waals surface area contributed by atoms with Crippen molar-refractivity contribution < 1.29 is 9.53 Å². The molecule has 0 aromatic heterocycles. The van der Waals surface area contributed by atoms with Gasteiger partial charge in [-0.05, 0) is 37.5 Å². The molecule has 1 aliphatic rings.